The third-order valence-electron chi connectivity index (χ3n) is 3.20. The molecule has 2 rings (SSSR count). The molecule has 0 aromatic carbocycles. The van der Waals surface area contributed by atoms with Gasteiger partial charge in [0.05, 0.1) is 18.4 Å². The summed E-state index contributed by atoms with van der Waals surface area (Å²) < 4.78 is 3.65. The van der Waals surface area contributed by atoms with Crippen LogP contribution in [-0.2, 0) is 12.1 Å². The first kappa shape index (κ1) is 13.7. The Morgan fingerprint density at radius 3 is 2.74 bits per heavy atom. The van der Waals surface area contributed by atoms with Crippen LogP contribution in [0.5, 0.6) is 0 Å². The molecule has 6 heteroatoms. The SMILES string of the molecule is CCC(C)n1ccc(Cn2cc(C(C)(C)O)nn2)n1. The Bertz CT molecular complexity index is 537. The average molecular weight is 263 g/mol. The summed E-state index contributed by atoms with van der Waals surface area (Å²) in [5, 5.41) is 22.3. The number of aromatic nitrogens is 5. The smallest absolute Gasteiger partial charge is 0.114 e. The molecule has 1 unspecified atom stereocenters. The van der Waals surface area contributed by atoms with E-state index in [-0.39, 0.29) is 0 Å². The van der Waals surface area contributed by atoms with Gasteiger partial charge in [0, 0.05) is 12.2 Å². The zero-order valence-corrected chi connectivity index (χ0v) is 11.9. The first-order valence-corrected chi connectivity index (χ1v) is 6.57. The van der Waals surface area contributed by atoms with Gasteiger partial charge >= 0.3 is 0 Å². The lowest BCUT2D eigenvalue weighted by Gasteiger charge is -2.11. The van der Waals surface area contributed by atoms with Crippen LogP contribution in [-0.4, -0.2) is 29.9 Å². The Morgan fingerprint density at radius 1 is 1.42 bits per heavy atom. The molecule has 6 nitrogen and oxygen atoms in total. The van der Waals surface area contributed by atoms with Crippen LogP contribution in [0.4, 0.5) is 0 Å². The fraction of sp³-hybridized carbons (Fsp3) is 0.615. The van der Waals surface area contributed by atoms with Crippen molar-refractivity contribution in [3.05, 3.63) is 29.8 Å². The van der Waals surface area contributed by atoms with Crippen molar-refractivity contribution in [3.63, 3.8) is 0 Å². The first-order valence-electron chi connectivity index (χ1n) is 6.57. The summed E-state index contributed by atoms with van der Waals surface area (Å²) in [5.74, 6) is 0. The molecule has 1 N–H and O–H groups in total. The van der Waals surface area contributed by atoms with Crippen LogP contribution in [0.2, 0.25) is 0 Å². The second-order valence-corrected chi connectivity index (χ2v) is 5.40. The van der Waals surface area contributed by atoms with Crippen molar-refractivity contribution in [1.82, 2.24) is 24.8 Å². The molecule has 1 atom stereocenters. The van der Waals surface area contributed by atoms with Gasteiger partial charge in [0.15, 0.2) is 0 Å². The van der Waals surface area contributed by atoms with Gasteiger partial charge in [-0.3, -0.25) is 4.68 Å². The highest BCUT2D eigenvalue weighted by Gasteiger charge is 2.20. The standard InChI is InChI=1S/C13H21N5O/c1-5-10(2)18-7-6-11(15-18)8-17-9-12(14-16-17)13(3,4)19/h6-7,9-10,19H,5,8H2,1-4H3. The Labute approximate surface area is 113 Å². The molecular formula is C13H21N5O. The molecule has 0 aliphatic heterocycles. The minimum absolute atomic E-state index is 0.399. The van der Waals surface area contributed by atoms with E-state index < -0.39 is 5.60 Å². The van der Waals surface area contributed by atoms with Crippen LogP contribution in [0.3, 0.4) is 0 Å². The molecule has 0 aliphatic rings. The summed E-state index contributed by atoms with van der Waals surface area (Å²) in [5.41, 5.74) is 0.537. The zero-order valence-electron chi connectivity index (χ0n) is 11.9. The Kier molecular flexibility index (Phi) is 3.71. The molecule has 0 saturated carbocycles. The van der Waals surface area contributed by atoms with E-state index in [9.17, 15) is 5.11 Å². The normalized spacial score (nSPS) is 13.7. The lowest BCUT2D eigenvalue weighted by atomic mass is 10.1. The summed E-state index contributed by atoms with van der Waals surface area (Å²) in [4.78, 5) is 0. The van der Waals surface area contributed by atoms with Crippen LogP contribution in [0.25, 0.3) is 0 Å². The van der Waals surface area contributed by atoms with Gasteiger partial charge in [0.2, 0.25) is 0 Å². The van der Waals surface area contributed by atoms with E-state index in [2.05, 4.69) is 29.3 Å². The highest BCUT2D eigenvalue weighted by molar-refractivity contribution is 5.05. The van der Waals surface area contributed by atoms with Gasteiger partial charge in [-0.15, -0.1) is 5.10 Å². The molecule has 19 heavy (non-hydrogen) atoms. The van der Waals surface area contributed by atoms with Crippen molar-refractivity contribution < 1.29 is 5.11 Å². The summed E-state index contributed by atoms with van der Waals surface area (Å²) >= 11 is 0. The highest BCUT2D eigenvalue weighted by Crippen LogP contribution is 2.16. The van der Waals surface area contributed by atoms with E-state index in [4.69, 9.17) is 0 Å². The molecule has 0 aliphatic carbocycles. The molecule has 0 spiro atoms. The predicted molar refractivity (Wildman–Crippen MR) is 71.6 cm³/mol. The van der Waals surface area contributed by atoms with E-state index >= 15 is 0 Å². The lowest BCUT2D eigenvalue weighted by molar-refractivity contribution is 0.0737. The molecule has 0 radical (unpaired) electrons. The minimum Gasteiger partial charge on any atom is -0.384 e. The van der Waals surface area contributed by atoms with E-state index in [1.54, 1.807) is 24.7 Å². The molecule has 104 valence electrons. The van der Waals surface area contributed by atoms with Crippen molar-refractivity contribution in [2.24, 2.45) is 0 Å². The summed E-state index contributed by atoms with van der Waals surface area (Å²) in [6.07, 6.45) is 4.78. The fourth-order valence-electron chi connectivity index (χ4n) is 1.72. The van der Waals surface area contributed by atoms with Crippen LogP contribution >= 0.6 is 0 Å². The summed E-state index contributed by atoms with van der Waals surface area (Å²) in [6, 6.07) is 2.38. The maximum absolute atomic E-state index is 9.84. The number of aliphatic hydroxyl groups is 1. The van der Waals surface area contributed by atoms with Gasteiger partial charge in [-0.05, 0) is 33.3 Å². The van der Waals surface area contributed by atoms with Crippen LogP contribution in [0.1, 0.15) is 51.5 Å². The monoisotopic (exact) mass is 263 g/mol. The van der Waals surface area contributed by atoms with E-state index in [0.29, 0.717) is 18.3 Å². The number of nitrogens with zero attached hydrogens (tertiary/aromatic N) is 5. The Morgan fingerprint density at radius 2 is 2.16 bits per heavy atom. The molecule has 2 aromatic heterocycles. The number of rotatable bonds is 5. The van der Waals surface area contributed by atoms with Crippen molar-refractivity contribution in [2.75, 3.05) is 0 Å². The van der Waals surface area contributed by atoms with Crippen molar-refractivity contribution in [1.29, 1.82) is 0 Å². The number of hydrogen-bond acceptors (Lipinski definition) is 4. The second kappa shape index (κ2) is 5.13. The van der Waals surface area contributed by atoms with Crippen molar-refractivity contribution in [3.8, 4) is 0 Å². The Balaban J connectivity index is 2.09. The zero-order chi connectivity index (χ0) is 14.0. The topological polar surface area (TPSA) is 68.8 Å². The second-order valence-electron chi connectivity index (χ2n) is 5.40. The Hall–Kier alpha value is -1.69. The van der Waals surface area contributed by atoms with E-state index in [1.807, 2.05) is 16.9 Å². The third kappa shape index (κ3) is 3.20. The van der Waals surface area contributed by atoms with Gasteiger partial charge in [-0.25, -0.2) is 4.68 Å². The van der Waals surface area contributed by atoms with Gasteiger partial charge in [0.1, 0.15) is 11.3 Å². The largest absolute Gasteiger partial charge is 0.384 e. The molecule has 0 bridgehead atoms. The van der Waals surface area contributed by atoms with Crippen LogP contribution < -0.4 is 0 Å². The van der Waals surface area contributed by atoms with Crippen LogP contribution in [0, 0.1) is 0 Å². The molecule has 0 fully saturated rings. The minimum atomic E-state index is -0.964. The van der Waals surface area contributed by atoms with Gasteiger partial charge < -0.3 is 5.11 Å². The predicted octanol–water partition coefficient (Wildman–Crippen LogP) is 1.72. The molecular weight excluding hydrogens is 242 g/mol. The molecule has 0 amide bonds. The maximum Gasteiger partial charge on any atom is 0.114 e. The third-order valence-corrected chi connectivity index (χ3v) is 3.20. The average Bonchev–Trinajstić information content (AvgIpc) is 2.97. The van der Waals surface area contributed by atoms with Gasteiger partial charge in [-0.2, -0.15) is 5.10 Å². The lowest BCUT2D eigenvalue weighted by Crippen LogP contribution is -2.15. The van der Waals surface area contributed by atoms with Crippen molar-refractivity contribution >= 4 is 0 Å². The molecule has 0 saturated heterocycles. The van der Waals surface area contributed by atoms with Crippen LogP contribution in [0.15, 0.2) is 18.5 Å². The maximum atomic E-state index is 9.84. The quantitative estimate of drug-likeness (QED) is 0.891. The van der Waals surface area contributed by atoms with Gasteiger partial charge in [-0.1, -0.05) is 12.1 Å². The van der Waals surface area contributed by atoms with E-state index in [0.717, 1.165) is 12.1 Å². The molecule has 2 heterocycles. The fourth-order valence-corrected chi connectivity index (χ4v) is 1.72. The van der Waals surface area contributed by atoms with Gasteiger partial charge in [0.25, 0.3) is 0 Å². The highest BCUT2D eigenvalue weighted by atomic mass is 16.3. The van der Waals surface area contributed by atoms with Crippen molar-refractivity contribution in [2.45, 2.75) is 52.3 Å². The first-order chi connectivity index (χ1) is 8.90. The summed E-state index contributed by atoms with van der Waals surface area (Å²) in [7, 11) is 0. The van der Waals surface area contributed by atoms with E-state index in [1.165, 1.54) is 0 Å². The summed E-state index contributed by atoms with van der Waals surface area (Å²) in [6.45, 7) is 8.22. The number of hydrogen-bond donors (Lipinski definition) is 1. The molecule has 2 aromatic rings.